The van der Waals surface area contributed by atoms with E-state index >= 15 is 0 Å². The molecule has 1 saturated heterocycles. The molecule has 0 aromatic rings. The second kappa shape index (κ2) is 7.33. The summed E-state index contributed by atoms with van der Waals surface area (Å²) in [6.45, 7) is 3.32. The smallest absolute Gasteiger partial charge is 0.239 e. The van der Waals surface area contributed by atoms with Crippen LogP contribution in [0.3, 0.4) is 0 Å². The summed E-state index contributed by atoms with van der Waals surface area (Å²) in [4.78, 5) is 24.7. The first-order chi connectivity index (χ1) is 8.54. The fourth-order valence-electron chi connectivity index (χ4n) is 2.13. The van der Waals surface area contributed by atoms with E-state index in [0.717, 1.165) is 12.8 Å². The molecular formula is C12H23N3O3. The molecule has 0 radical (unpaired) electrons. The van der Waals surface area contributed by atoms with Gasteiger partial charge >= 0.3 is 0 Å². The second-order valence-corrected chi connectivity index (χ2v) is 4.69. The molecule has 6 nitrogen and oxygen atoms in total. The summed E-state index contributed by atoms with van der Waals surface area (Å²) in [7, 11) is 1.59. The Balaban J connectivity index is 2.33. The molecule has 1 unspecified atom stereocenters. The number of hydrogen-bond acceptors (Lipinski definition) is 4. The molecule has 18 heavy (non-hydrogen) atoms. The van der Waals surface area contributed by atoms with E-state index in [1.165, 1.54) is 6.92 Å². The van der Waals surface area contributed by atoms with Gasteiger partial charge < -0.3 is 20.7 Å². The average molecular weight is 257 g/mol. The molecule has 0 aromatic carbocycles. The van der Waals surface area contributed by atoms with Crippen molar-refractivity contribution in [1.29, 1.82) is 0 Å². The number of hydrogen-bond donors (Lipinski definition) is 2. The van der Waals surface area contributed by atoms with Gasteiger partial charge in [0.1, 0.15) is 0 Å². The standard InChI is InChI=1S/C12H23N3O3/c1-9(16)14-10-3-6-15(7-4-10)12(17)11(13)5-8-18-2/h10-11H,3-8,13H2,1-2H3,(H,14,16). The van der Waals surface area contributed by atoms with Crippen molar-refractivity contribution in [2.45, 2.75) is 38.3 Å². The number of piperidine rings is 1. The highest BCUT2D eigenvalue weighted by Crippen LogP contribution is 2.11. The molecule has 6 heteroatoms. The van der Waals surface area contributed by atoms with Gasteiger partial charge in [-0.2, -0.15) is 0 Å². The van der Waals surface area contributed by atoms with Crippen LogP contribution in [0.5, 0.6) is 0 Å². The van der Waals surface area contributed by atoms with Crippen LogP contribution in [0.25, 0.3) is 0 Å². The fourth-order valence-corrected chi connectivity index (χ4v) is 2.13. The Morgan fingerprint density at radius 3 is 2.56 bits per heavy atom. The average Bonchev–Trinajstić information content (AvgIpc) is 2.35. The maximum absolute atomic E-state index is 12.0. The maximum atomic E-state index is 12.0. The Morgan fingerprint density at radius 2 is 2.06 bits per heavy atom. The maximum Gasteiger partial charge on any atom is 0.239 e. The molecule has 1 aliphatic rings. The lowest BCUT2D eigenvalue weighted by molar-refractivity contribution is -0.134. The Labute approximate surface area is 108 Å². The quantitative estimate of drug-likeness (QED) is 0.694. The van der Waals surface area contributed by atoms with Crippen molar-refractivity contribution in [1.82, 2.24) is 10.2 Å². The Kier molecular flexibility index (Phi) is 6.07. The summed E-state index contributed by atoms with van der Waals surface area (Å²) in [5.74, 6) is -0.0371. The molecule has 3 N–H and O–H groups in total. The molecule has 1 aliphatic heterocycles. The zero-order valence-electron chi connectivity index (χ0n) is 11.1. The summed E-state index contributed by atoms with van der Waals surface area (Å²) in [5, 5.41) is 2.88. The van der Waals surface area contributed by atoms with Crippen LogP contribution < -0.4 is 11.1 Å². The number of nitrogens with two attached hydrogens (primary N) is 1. The second-order valence-electron chi connectivity index (χ2n) is 4.69. The highest BCUT2D eigenvalue weighted by molar-refractivity contribution is 5.81. The van der Waals surface area contributed by atoms with Gasteiger partial charge in [-0.05, 0) is 19.3 Å². The third-order valence-electron chi connectivity index (χ3n) is 3.16. The van der Waals surface area contributed by atoms with Crippen LogP contribution in [0.1, 0.15) is 26.2 Å². The predicted octanol–water partition coefficient (Wildman–Crippen LogP) is -0.523. The van der Waals surface area contributed by atoms with Crippen molar-refractivity contribution in [3.8, 4) is 0 Å². The normalized spacial score (nSPS) is 18.5. The van der Waals surface area contributed by atoms with Crippen molar-refractivity contribution < 1.29 is 14.3 Å². The third kappa shape index (κ3) is 4.62. The van der Waals surface area contributed by atoms with E-state index in [2.05, 4.69) is 5.32 Å². The molecule has 0 bridgehead atoms. The number of carbonyl (C=O) groups is 2. The first-order valence-electron chi connectivity index (χ1n) is 6.35. The zero-order chi connectivity index (χ0) is 13.5. The van der Waals surface area contributed by atoms with Gasteiger partial charge in [0.15, 0.2) is 0 Å². The topological polar surface area (TPSA) is 84.7 Å². The van der Waals surface area contributed by atoms with Gasteiger partial charge in [0, 0.05) is 39.8 Å². The number of rotatable bonds is 5. The zero-order valence-corrected chi connectivity index (χ0v) is 11.1. The lowest BCUT2D eigenvalue weighted by atomic mass is 10.0. The molecule has 1 atom stereocenters. The SMILES string of the molecule is COCCC(N)C(=O)N1CCC(NC(C)=O)CC1. The monoisotopic (exact) mass is 257 g/mol. The summed E-state index contributed by atoms with van der Waals surface area (Å²) >= 11 is 0. The van der Waals surface area contributed by atoms with E-state index in [1.807, 2.05) is 0 Å². The number of nitrogens with one attached hydrogen (secondary N) is 1. The van der Waals surface area contributed by atoms with Gasteiger partial charge in [0.05, 0.1) is 6.04 Å². The van der Waals surface area contributed by atoms with Crippen LogP contribution >= 0.6 is 0 Å². The highest BCUT2D eigenvalue weighted by atomic mass is 16.5. The fraction of sp³-hybridized carbons (Fsp3) is 0.833. The molecule has 2 amide bonds. The summed E-state index contributed by atoms with van der Waals surface area (Å²) in [6.07, 6.45) is 2.13. The van der Waals surface area contributed by atoms with E-state index < -0.39 is 6.04 Å². The van der Waals surface area contributed by atoms with Crippen molar-refractivity contribution in [2.24, 2.45) is 5.73 Å². The van der Waals surface area contributed by atoms with Crippen molar-refractivity contribution >= 4 is 11.8 Å². The molecule has 0 aromatic heterocycles. The van der Waals surface area contributed by atoms with Crippen molar-refractivity contribution in [2.75, 3.05) is 26.8 Å². The largest absolute Gasteiger partial charge is 0.385 e. The van der Waals surface area contributed by atoms with Gasteiger partial charge in [-0.25, -0.2) is 0 Å². The minimum absolute atomic E-state index is 0.0171. The van der Waals surface area contributed by atoms with Crippen LogP contribution in [-0.4, -0.2) is 55.6 Å². The van der Waals surface area contributed by atoms with Gasteiger partial charge in [0.2, 0.25) is 11.8 Å². The minimum Gasteiger partial charge on any atom is -0.385 e. The van der Waals surface area contributed by atoms with Gasteiger partial charge in [-0.15, -0.1) is 0 Å². The number of nitrogens with zero attached hydrogens (tertiary/aromatic N) is 1. The van der Waals surface area contributed by atoms with Crippen LogP contribution in [0.2, 0.25) is 0 Å². The number of amides is 2. The number of likely N-dealkylation sites (tertiary alicyclic amines) is 1. The molecule has 1 rings (SSSR count). The van der Waals surface area contributed by atoms with Gasteiger partial charge in [-0.1, -0.05) is 0 Å². The molecule has 0 spiro atoms. The number of methoxy groups -OCH3 is 1. The highest BCUT2D eigenvalue weighted by Gasteiger charge is 2.26. The van der Waals surface area contributed by atoms with Crippen LogP contribution in [0.15, 0.2) is 0 Å². The molecule has 104 valence electrons. The van der Waals surface area contributed by atoms with E-state index in [9.17, 15) is 9.59 Å². The predicted molar refractivity (Wildman–Crippen MR) is 67.9 cm³/mol. The molecule has 1 heterocycles. The van der Waals surface area contributed by atoms with Crippen LogP contribution in [0, 0.1) is 0 Å². The summed E-state index contributed by atoms with van der Waals surface area (Å²) < 4.78 is 4.91. The Hall–Kier alpha value is -1.14. The van der Waals surface area contributed by atoms with E-state index in [4.69, 9.17) is 10.5 Å². The van der Waals surface area contributed by atoms with Gasteiger partial charge in [0.25, 0.3) is 0 Å². The first kappa shape index (κ1) is 14.9. The number of carbonyl (C=O) groups excluding carboxylic acids is 2. The Morgan fingerprint density at radius 1 is 1.44 bits per heavy atom. The first-order valence-corrected chi connectivity index (χ1v) is 6.35. The molecular weight excluding hydrogens is 234 g/mol. The van der Waals surface area contributed by atoms with Gasteiger partial charge in [-0.3, -0.25) is 9.59 Å². The van der Waals surface area contributed by atoms with Crippen molar-refractivity contribution in [3.05, 3.63) is 0 Å². The van der Waals surface area contributed by atoms with E-state index in [1.54, 1.807) is 12.0 Å². The lowest BCUT2D eigenvalue weighted by Gasteiger charge is -2.33. The van der Waals surface area contributed by atoms with Crippen molar-refractivity contribution in [3.63, 3.8) is 0 Å². The molecule has 1 fully saturated rings. The molecule has 0 aliphatic carbocycles. The minimum atomic E-state index is -0.484. The summed E-state index contributed by atoms with van der Waals surface area (Å²) in [5.41, 5.74) is 5.81. The van der Waals surface area contributed by atoms with E-state index in [-0.39, 0.29) is 17.9 Å². The summed E-state index contributed by atoms with van der Waals surface area (Å²) in [6, 6.07) is -0.302. The van der Waals surface area contributed by atoms with Crippen LogP contribution in [0.4, 0.5) is 0 Å². The Bertz CT molecular complexity index is 288. The lowest BCUT2D eigenvalue weighted by Crippen LogP contribution is -2.50. The number of ether oxygens (including phenoxy) is 1. The third-order valence-corrected chi connectivity index (χ3v) is 3.16. The molecule has 0 saturated carbocycles. The van der Waals surface area contributed by atoms with E-state index in [0.29, 0.717) is 26.1 Å². The van der Waals surface area contributed by atoms with Crippen LogP contribution in [-0.2, 0) is 14.3 Å².